The molecule has 10 nitrogen and oxygen atoms in total. The van der Waals surface area contributed by atoms with E-state index in [4.69, 9.17) is 9.72 Å². The number of rotatable bonds is 4. The van der Waals surface area contributed by atoms with Gasteiger partial charge >= 0.3 is 0 Å². The second-order valence-corrected chi connectivity index (χ2v) is 12.0. The van der Waals surface area contributed by atoms with Crippen molar-refractivity contribution in [1.29, 1.82) is 5.26 Å². The molecule has 3 aromatic heterocycles. The van der Waals surface area contributed by atoms with Gasteiger partial charge in [0.05, 0.1) is 41.2 Å². The predicted octanol–water partition coefficient (Wildman–Crippen LogP) is 3.50. The van der Waals surface area contributed by atoms with E-state index >= 15 is 0 Å². The first-order valence-electron chi connectivity index (χ1n) is 12.7. The Morgan fingerprint density at radius 1 is 1.14 bits per heavy atom. The number of nitrogens with zero attached hydrogens (tertiary/aromatic N) is 7. The number of imidazole rings is 1. The normalized spacial score (nSPS) is 22.0. The Morgan fingerprint density at radius 3 is 2.65 bits per heavy atom. The zero-order valence-corrected chi connectivity index (χ0v) is 21.7. The highest BCUT2D eigenvalue weighted by atomic mass is 32.2. The molecule has 0 N–H and O–H groups in total. The van der Waals surface area contributed by atoms with Crippen LogP contribution in [0.5, 0.6) is 0 Å². The quantitative estimate of drug-likeness (QED) is 0.405. The van der Waals surface area contributed by atoms with Crippen LogP contribution in [0.15, 0.2) is 41.7 Å². The van der Waals surface area contributed by atoms with Gasteiger partial charge in [-0.15, -0.1) is 0 Å². The molecule has 37 heavy (non-hydrogen) atoms. The molecule has 2 atom stereocenters. The van der Waals surface area contributed by atoms with Crippen LogP contribution >= 0.6 is 0 Å². The number of aromatic nitrogens is 5. The summed E-state index contributed by atoms with van der Waals surface area (Å²) in [5.41, 5.74) is 3.23. The summed E-state index contributed by atoms with van der Waals surface area (Å²) in [5.74, 6) is 1.09. The van der Waals surface area contributed by atoms with Gasteiger partial charge in [-0.3, -0.25) is 9.67 Å². The van der Waals surface area contributed by atoms with Crippen molar-refractivity contribution in [2.45, 2.75) is 55.6 Å². The van der Waals surface area contributed by atoms with Crippen LogP contribution in [0.3, 0.4) is 0 Å². The van der Waals surface area contributed by atoms with E-state index in [1.54, 1.807) is 23.6 Å². The molecule has 1 aromatic carbocycles. The zero-order chi connectivity index (χ0) is 25.7. The van der Waals surface area contributed by atoms with Gasteiger partial charge in [0, 0.05) is 50.3 Å². The molecule has 2 aliphatic rings. The van der Waals surface area contributed by atoms with Gasteiger partial charge in [0.1, 0.15) is 16.2 Å². The maximum Gasteiger partial charge on any atom is 0.246 e. The van der Waals surface area contributed by atoms with Crippen LogP contribution in [-0.4, -0.2) is 62.8 Å². The first kappa shape index (κ1) is 24.0. The topological polar surface area (TPSA) is 119 Å². The third kappa shape index (κ3) is 4.19. The molecule has 0 aliphatic carbocycles. The van der Waals surface area contributed by atoms with Crippen LogP contribution in [0.25, 0.3) is 21.9 Å². The fourth-order valence-corrected chi connectivity index (χ4v) is 7.22. The van der Waals surface area contributed by atoms with Crippen molar-refractivity contribution in [3.8, 4) is 6.07 Å². The van der Waals surface area contributed by atoms with Gasteiger partial charge in [-0.1, -0.05) is 0 Å². The molecule has 11 heteroatoms. The summed E-state index contributed by atoms with van der Waals surface area (Å²) in [6.45, 7) is 3.62. The lowest BCUT2D eigenvalue weighted by Gasteiger charge is -2.34. The number of fused-ring (bicyclic) bond motifs is 3. The van der Waals surface area contributed by atoms with Crippen LogP contribution in [0.4, 0.5) is 0 Å². The Labute approximate surface area is 215 Å². The van der Waals surface area contributed by atoms with Crippen molar-refractivity contribution in [3.05, 3.63) is 48.2 Å². The predicted molar refractivity (Wildman–Crippen MR) is 137 cm³/mol. The lowest BCUT2D eigenvalue weighted by atomic mass is 9.95. The molecule has 0 radical (unpaired) electrons. The van der Waals surface area contributed by atoms with Gasteiger partial charge in [-0.25, -0.2) is 13.4 Å². The van der Waals surface area contributed by atoms with Crippen molar-refractivity contribution >= 4 is 32.0 Å². The highest BCUT2D eigenvalue weighted by molar-refractivity contribution is 7.89. The summed E-state index contributed by atoms with van der Waals surface area (Å²) < 4.78 is 37.6. The van der Waals surface area contributed by atoms with E-state index in [1.807, 2.05) is 18.3 Å². The fourth-order valence-electron chi connectivity index (χ4n) is 5.77. The van der Waals surface area contributed by atoms with Crippen molar-refractivity contribution < 1.29 is 13.2 Å². The maximum atomic E-state index is 13.1. The first-order valence-corrected chi connectivity index (χ1v) is 14.1. The highest BCUT2D eigenvalue weighted by Gasteiger charge is 2.35. The number of piperidine rings is 1. The highest BCUT2D eigenvalue weighted by Crippen LogP contribution is 2.39. The summed E-state index contributed by atoms with van der Waals surface area (Å²) >= 11 is 0. The summed E-state index contributed by atoms with van der Waals surface area (Å²) in [6.07, 6.45) is 7.99. The summed E-state index contributed by atoms with van der Waals surface area (Å²) in [5, 5.41) is 14.5. The van der Waals surface area contributed by atoms with Crippen LogP contribution in [-0.2, 0) is 21.8 Å². The summed E-state index contributed by atoms with van der Waals surface area (Å²) in [6, 6.07) is 8.03. The smallest absolute Gasteiger partial charge is 0.246 e. The Morgan fingerprint density at radius 2 is 1.95 bits per heavy atom. The van der Waals surface area contributed by atoms with E-state index in [0.29, 0.717) is 38.1 Å². The van der Waals surface area contributed by atoms with Gasteiger partial charge in [-0.2, -0.15) is 14.7 Å². The number of pyridine rings is 1. The third-order valence-corrected chi connectivity index (χ3v) is 9.48. The lowest BCUT2D eigenvalue weighted by Crippen LogP contribution is -2.38. The van der Waals surface area contributed by atoms with E-state index in [1.165, 1.54) is 10.9 Å². The molecular formula is C26H29N7O3S. The number of sulfonamides is 1. The minimum Gasteiger partial charge on any atom is -0.378 e. The Balaban J connectivity index is 1.40. The summed E-state index contributed by atoms with van der Waals surface area (Å²) in [4.78, 5) is 9.93. The number of ether oxygens (including phenoxy) is 1. The van der Waals surface area contributed by atoms with Crippen LogP contribution in [0.1, 0.15) is 56.0 Å². The zero-order valence-electron chi connectivity index (χ0n) is 20.9. The Hall–Kier alpha value is -3.33. The number of hydrogen-bond acceptors (Lipinski definition) is 7. The molecule has 6 rings (SSSR count). The molecular weight excluding hydrogens is 490 g/mol. The SMILES string of the molecule is C[C@@H]1C[C@H](n2c(C3CCN(S(=O)(=O)c4cnn(C)c4)CC3)nc3cnc4ccc(C#N)cc4c32)CCO1. The van der Waals surface area contributed by atoms with Gasteiger partial charge < -0.3 is 9.30 Å². The number of nitriles is 1. The Kier molecular flexibility index (Phi) is 5.98. The monoisotopic (exact) mass is 519 g/mol. The van der Waals surface area contributed by atoms with Crippen molar-refractivity contribution in [2.75, 3.05) is 19.7 Å². The molecule has 192 valence electrons. The largest absolute Gasteiger partial charge is 0.378 e. The average molecular weight is 520 g/mol. The number of hydrogen-bond donors (Lipinski definition) is 0. The molecule has 0 amide bonds. The van der Waals surface area contributed by atoms with E-state index in [9.17, 15) is 13.7 Å². The van der Waals surface area contributed by atoms with Gasteiger partial charge in [0.25, 0.3) is 0 Å². The summed E-state index contributed by atoms with van der Waals surface area (Å²) in [7, 11) is -1.87. The molecule has 0 saturated carbocycles. The number of aryl methyl sites for hydroxylation is 1. The van der Waals surface area contributed by atoms with Crippen molar-refractivity contribution in [3.63, 3.8) is 0 Å². The maximum absolute atomic E-state index is 13.1. The standard InChI is InChI=1S/C26H29N7O3S/c1-17-11-20(7-10-36-17)33-25-22-12-18(13-27)3-4-23(22)28-15-24(25)30-26(33)19-5-8-32(9-6-19)37(34,35)21-14-29-31(2)16-21/h3-4,12,14-17,19-20H,5-11H2,1-2H3/t17-,20-/m1/s1. The van der Waals surface area contributed by atoms with Crippen LogP contribution in [0, 0.1) is 11.3 Å². The van der Waals surface area contributed by atoms with E-state index < -0.39 is 10.0 Å². The molecule has 0 unspecified atom stereocenters. The minimum atomic E-state index is -3.58. The van der Waals surface area contributed by atoms with Crippen molar-refractivity contribution in [2.24, 2.45) is 7.05 Å². The van der Waals surface area contributed by atoms with Crippen LogP contribution < -0.4 is 0 Å². The third-order valence-electron chi connectivity index (χ3n) is 7.63. The Bertz CT molecular complexity index is 1630. The van der Waals surface area contributed by atoms with Crippen molar-refractivity contribution in [1.82, 2.24) is 28.6 Å². The van der Waals surface area contributed by atoms with Crippen LogP contribution in [0.2, 0.25) is 0 Å². The second kappa shape index (κ2) is 9.20. The molecule has 2 saturated heterocycles. The minimum absolute atomic E-state index is 0.111. The van der Waals surface area contributed by atoms with Gasteiger partial charge in [0.2, 0.25) is 10.0 Å². The molecule has 0 bridgehead atoms. The van der Waals surface area contributed by atoms with E-state index in [0.717, 1.165) is 40.6 Å². The van der Waals surface area contributed by atoms with Gasteiger partial charge in [0.15, 0.2) is 0 Å². The van der Waals surface area contributed by atoms with Gasteiger partial charge in [-0.05, 0) is 50.8 Å². The molecule has 2 fully saturated rings. The molecule has 0 spiro atoms. The van der Waals surface area contributed by atoms with E-state index in [-0.39, 0.29) is 23.0 Å². The number of benzene rings is 1. The second-order valence-electron chi connectivity index (χ2n) is 10.1. The lowest BCUT2D eigenvalue weighted by molar-refractivity contribution is 0.00593. The molecule has 4 aromatic rings. The average Bonchev–Trinajstić information content (AvgIpc) is 3.53. The molecule has 2 aliphatic heterocycles. The fraction of sp³-hybridized carbons (Fsp3) is 0.462. The first-order chi connectivity index (χ1) is 17.8. The van der Waals surface area contributed by atoms with E-state index in [2.05, 4.69) is 27.6 Å². The molecule has 5 heterocycles.